The molecule has 1 aliphatic rings. The van der Waals surface area contributed by atoms with Gasteiger partial charge in [0.2, 0.25) is 10.0 Å². The van der Waals surface area contributed by atoms with Crippen LogP contribution < -0.4 is 0 Å². The van der Waals surface area contributed by atoms with E-state index in [0.717, 1.165) is 18.2 Å². The first kappa shape index (κ1) is 12.5. The molecule has 1 heterocycles. The number of hydrogen-bond acceptors (Lipinski definition) is 2. The van der Waals surface area contributed by atoms with Gasteiger partial charge in [-0.25, -0.2) is 8.42 Å². The summed E-state index contributed by atoms with van der Waals surface area (Å²) in [6.45, 7) is 4.58. The molecule has 0 aromatic carbocycles. The molecule has 0 amide bonds. The van der Waals surface area contributed by atoms with Gasteiger partial charge in [0, 0.05) is 17.9 Å². The normalized spacial score (nSPS) is 24.7. The molecule has 1 saturated heterocycles. The van der Waals surface area contributed by atoms with Crippen LogP contribution in [-0.2, 0) is 10.0 Å². The largest absolute Gasteiger partial charge is 0.214 e. The highest BCUT2D eigenvalue weighted by atomic mass is 79.9. The van der Waals surface area contributed by atoms with E-state index < -0.39 is 10.0 Å². The summed E-state index contributed by atoms with van der Waals surface area (Å²) in [7, 11) is -3.02. The Morgan fingerprint density at radius 3 is 2.64 bits per heavy atom. The minimum absolute atomic E-state index is 0.179. The number of alkyl halides is 1. The Bertz CT molecular complexity index is 277. The third-order valence-electron chi connectivity index (χ3n) is 2.40. The quantitative estimate of drug-likeness (QED) is 0.739. The first-order chi connectivity index (χ1) is 6.47. The van der Waals surface area contributed by atoms with Gasteiger partial charge in [-0.15, -0.1) is 0 Å². The van der Waals surface area contributed by atoms with Crippen molar-refractivity contribution in [1.29, 1.82) is 0 Å². The molecule has 0 aromatic rings. The number of hydrogen-bond donors (Lipinski definition) is 0. The van der Waals surface area contributed by atoms with E-state index in [1.807, 2.05) is 13.8 Å². The second-order valence-corrected chi connectivity index (χ2v) is 6.85. The van der Waals surface area contributed by atoms with Crippen LogP contribution in [-0.4, -0.2) is 36.4 Å². The van der Waals surface area contributed by atoms with Crippen LogP contribution in [0.4, 0.5) is 0 Å². The topological polar surface area (TPSA) is 37.4 Å². The fourth-order valence-electron chi connectivity index (χ4n) is 1.85. The smallest absolute Gasteiger partial charge is 0.212 e. The third kappa shape index (κ3) is 2.94. The van der Waals surface area contributed by atoms with Crippen molar-refractivity contribution in [2.24, 2.45) is 5.92 Å². The van der Waals surface area contributed by atoms with Crippen LogP contribution in [0.25, 0.3) is 0 Å². The molecule has 1 unspecified atom stereocenters. The molecule has 1 atom stereocenters. The molecule has 84 valence electrons. The van der Waals surface area contributed by atoms with Gasteiger partial charge in [0.15, 0.2) is 0 Å². The molecule has 0 N–H and O–H groups in total. The molecule has 1 fully saturated rings. The molecule has 0 radical (unpaired) electrons. The first-order valence-corrected chi connectivity index (χ1v) is 7.76. The number of sulfonamides is 1. The highest BCUT2D eigenvalue weighted by Gasteiger charge is 2.33. The lowest BCUT2D eigenvalue weighted by Crippen LogP contribution is -2.38. The Labute approximate surface area is 95.0 Å². The molecule has 1 aliphatic heterocycles. The molecule has 0 aromatic heterocycles. The lowest BCUT2D eigenvalue weighted by Gasteiger charge is -2.23. The SMILES string of the molecule is CC(C)CS(=O)(=O)N1CCCC1CBr. The van der Waals surface area contributed by atoms with Crippen molar-refractivity contribution in [3.63, 3.8) is 0 Å². The minimum atomic E-state index is -3.02. The summed E-state index contributed by atoms with van der Waals surface area (Å²) >= 11 is 3.37. The first-order valence-electron chi connectivity index (χ1n) is 5.03. The molecule has 1 rings (SSSR count). The molecular weight excluding hydrogens is 266 g/mol. The van der Waals surface area contributed by atoms with Crippen molar-refractivity contribution in [2.45, 2.75) is 32.7 Å². The van der Waals surface area contributed by atoms with Gasteiger partial charge in [-0.2, -0.15) is 4.31 Å². The van der Waals surface area contributed by atoms with Crippen LogP contribution >= 0.6 is 15.9 Å². The number of nitrogens with zero attached hydrogens (tertiary/aromatic N) is 1. The van der Waals surface area contributed by atoms with Gasteiger partial charge in [0.05, 0.1) is 5.75 Å². The van der Waals surface area contributed by atoms with E-state index >= 15 is 0 Å². The van der Waals surface area contributed by atoms with Gasteiger partial charge < -0.3 is 0 Å². The molecule has 0 bridgehead atoms. The van der Waals surface area contributed by atoms with Gasteiger partial charge in [0.25, 0.3) is 0 Å². The van der Waals surface area contributed by atoms with Crippen LogP contribution in [0.15, 0.2) is 0 Å². The van der Waals surface area contributed by atoms with E-state index in [4.69, 9.17) is 0 Å². The summed E-state index contributed by atoms with van der Waals surface area (Å²) in [5, 5.41) is 0.754. The van der Waals surface area contributed by atoms with E-state index in [9.17, 15) is 8.42 Å². The lowest BCUT2D eigenvalue weighted by atomic mass is 10.3. The van der Waals surface area contributed by atoms with Gasteiger partial charge >= 0.3 is 0 Å². The zero-order chi connectivity index (χ0) is 10.8. The monoisotopic (exact) mass is 283 g/mol. The Morgan fingerprint density at radius 2 is 2.14 bits per heavy atom. The zero-order valence-electron chi connectivity index (χ0n) is 8.74. The lowest BCUT2D eigenvalue weighted by molar-refractivity contribution is 0.409. The third-order valence-corrected chi connectivity index (χ3v) is 5.43. The maximum Gasteiger partial charge on any atom is 0.214 e. The summed E-state index contributed by atoms with van der Waals surface area (Å²) in [4.78, 5) is 0. The van der Waals surface area contributed by atoms with E-state index in [-0.39, 0.29) is 17.7 Å². The van der Waals surface area contributed by atoms with Crippen LogP contribution in [0.1, 0.15) is 26.7 Å². The van der Waals surface area contributed by atoms with Crippen molar-refractivity contribution >= 4 is 26.0 Å². The van der Waals surface area contributed by atoms with Crippen molar-refractivity contribution in [2.75, 3.05) is 17.6 Å². The number of halogens is 1. The van der Waals surface area contributed by atoms with Crippen LogP contribution in [0.3, 0.4) is 0 Å². The predicted octanol–water partition coefficient (Wildman–Crippen LogP) is 1.83. The second kappa shape index (κ2) is 4.94. The maximum atomic E-state index is 11.9. The second-order valence-electron chi connectivity index (χ2n) is 4.23. The highest BCUT2D eigenvalue weighted by molar-refractivity contribution is 9.09. The van der Waals surface area contributed by atoms with Crippen LogP contribution in [0.5, 0.6) is 0 Å². The number of rotatable bonds is 4. The molecule has 14 heavy (non-hydrogen) atoms. The van der Waals surface area contributed by atoms with Gasteiger partial charge in [-0.05, 0) is 18.8 Å². The van der Waals surface area contributed by atoms with Crippen molar-refractivity contribution < 1.29 is 8.42 Å². The van der Waals surface area contributed by atoms with E-state index in [2.05, 4.69) is 15.9 Å². The van der Waals surface area contributed by atoms with E-state index in [1.165, 1.54) is 0 Å². The molecule has 0 spiro atoms. The van der Waals surface area contributed by atoms with E-state index in [0.29, 0.717) is 6.54 Å². The summed E-state index contributed by atoms with van der Waals surface area (Å²) in [6.07, 6.45) is 1.98. The van der Waals surface area contributed by atoms with Crippen LogP contribution in [0.2, 0.25) is 0 Å². The molecule has 3 nitrogen and oxygen atoms in total. The summed E-state index contributed by atoms with van der Waals surface area (Å²) in [5.41, 5.74) is 0. The summed E-state index contributed by atoms with van der Waals surface area (Å²) in [6, 6.07) is 0.179. The maximum absolute atomic E-state index is 11.9. The fraction of sp³-hybridized carbons (Fsp3) is 1.00. The minimum Gasteiger partial charge on any atom is -0.212 e. The standard InChI is InChI=1S/C9H18BrNO2S/c1-8(2)7-14(12,13)11-5-3-4-9(11)6-10/h8-9H,3-7H2,1-2H3. The Hall–Kier alpha value is 0.390. The predicted molar refractivity (Wildman–Crippen MR) is 62.1 cm³/mol. The molecule has 0 saturated carbocycles. The Balaban J connectivity index is 2.71. The average Bonchev–Trinajstić information content (AvgIpc) is 2.48. The summed E-state index contributed by atoms with van der Waals surface area (Å²) in [5.74, 6) is 0.479. The van der Waals surface area contributed by atoms with Gasteiger partial charge in [0.1, 0.15) is 0 Å². The molecule has 5 heteroatoms. The fourth-order valence-corrected chi connectivity index (χ4v) is 4.79. The summed E-state index contributed by atoms with van der Waals surface area (Å²) < 4.78 is 25.5. The average molecular weight is 284 g/mol. The van der Waals surface area contributed by atoms with Crippen molar-refractivity contribution in [3.05, 3.63) is 0 Å². The Kier molecular flexibility index (Phi) is 4.40. The Morgan fingerprint density at radius 1 is 1.50 bits per heavy atom. The van der Waals surface area contributed by atoms with Crippen molar-refractivity contribution in [3.8, 4) is 0 Å². The highest BCUT2D eigenvalue weighted by Crippen LogP contribution is 2.23. The van der Waals surface area contributed by atoms with Crippen molar-refractivity contribution in [1.82, 2.24) is 4.31 Å². The zero-order valence-corrected chi connectivity index (χ0v) is 11.1. The van der Waals surface area contributed by atoms with Gasteiger partial charge in [-0.3, -0.25) is 0 Å². The van der Waals surface area contributed by atoms with Crippen LogP contribution in [0, 0.1) is 5.92 Å². The molecule has 0 aliphatic carbocycles. The molecular formula is C9H18BrNO2S. The van der Waals surface area contributed by atoms with E-state index in [1.54, 1.807) is 4.31 Å². The van der Waals surface area contributed by atoms with Gasteiger partial charge in [-0.1, -0.05) is 29.8 Å².